The van der Waals surface area contributed by atoms with E-state index in [1.807, 2.05) is 25.3 Å². The van der Waals surface area contributed by atoms with Crippen LogP contribution >= 0.6 is 0 Å². The Morgan fingerprint density at radius 2 is 1.96 bits per heavy atom. The van der Waals surface area contributed by atoms with Crippen molar-refractivity contribution in [2.24, 2.45) is 5.92 Å². The lowest BCUT2D eigenvalue weighted by molar-refractivity contribution is 0.262. The Morgan fingerprint density at radius 3 is 2.48 bits per heavy atom. The fourth-order valence-electron chi connectivity index (χ4n) is 3.15. The summed E-state index contributed by atoms with van der Waals surface area (Å²) in [6, 6.07) is 6.06. The summed E-state index contributed by atoms with van der Waals surface area (Å²) in [6.07, 6.45) is 4.60. The lowest BCUT2D eigenvalue weighted by Gasteiger charge is -2.32. The molecule has 1 aliphatic heterocycles. The van der Waals surface area contributed by atoms with Crippen molar-refractivity contribution in [3.8, 4) is 11.4 Å². The first kappa shape index (κ1) is 18.0. The predicted octanol–water partition coefficient (Wildman–Crippen LogP) is 1.84. The van der Waals surface area contributed by atoms with Crippen LogP contribution in [0.5, 0.6) is 0 Å². The van der Waals surface area contributed by atoms with Gasteiger partial charge in [0.05, 0.1) is 5.69 Å². The van der Waals surface area contributed by atoms with Crippen LogP contribution < -0.4 is 0 Å². The van der Waals surface area contributed by atoms with Crippen molar-refractivity contribution in [1.82, 2.24) is 23.8 Å². The second-order valence-electron chi connectivity index (χ2n) is 6.82. The molecule has 136 valence electrons. The molecule has 2 aromatic rings. The molecular formula is C17H25N5O2S. The number of rotatable bonds is 5. The number of hydrogen-bond acceptors (Lipinski definition) is 4. The van der Waals surface area contributed by atoms with Crippen LogP contribution in [0.2, 0.25) is 0 Å². The van der Waals surface area contributed by atoms with Crippen molar-refractivity contribution in [3.63, 3.8) is 0 Å². The quantitative estimate of drug-likeness (QED) is 0.879. The molecule has 3 rings (SSSR count). The van der Waals surface area contributed by atoms with Crippen molar-refractivity contribution in [3.05, 3.63) is 35.7 Å². The van der Waals surface area contributed by atoms with E-state index in [1.165, 1.54) is 9.87 Å². The number of nitrogens with zero attached hydrogens (tertiary/aromatic N) is 4. The first-order valence-electron chi connectivity index (χ1n) is 8.51. The molecule has 0 aromatic carbocycles. The summed E-state index contributed by atoms with van der Waals surface area (Å²) in [7, 11) is -0.128. The number of piperidine rings is 1. The molecule has 0 saturated carbocycles. The molecular weight excluding hydrogens is 338 g/mol. The van der Waals surface area contributed by atoms with E-state index in [0.717, 1.165) is 36.3 Å². The average Bonchev–Trinajstić information content (AvgIpc) is 3.02. The summed E-state index contributed by atoms with van der Waals surface area (Å²) in [6.45, 7) is 3.14. The van der Waals surface area contributed by atoms with Gasteiger partial charge in [-0.05, 0) is 49.8 Å². The molecule has 1 fully saturated rings. The highest BCUT2D eigenvalue weighted by Gasteiger charge is 2.29. The molecule has 3 heterocycles. The Kier molecular flexibility index (Phi) is 5.21. The summed E-state index contributed by atoms with van der Waals surface area (Å²) < 4.78 is 27.2. The van der Waals surface area contributed by atoms with Crippen molar-refractivity contribution in [2.75, 3.05) is 27.2 Å². The number of pyridine rings is 1. The SMILES string of the molecule is Cc1cc(-c2ccc(CC3CCN(S(=O)(=O)N(C)C)CC3)cn2)n[nH]1. The van der Waals surface area contributed by atoms with Crippen molar-refractivity contribution in [2.45, 2.75) is 26.2 Å². The maximum atomic E-state index is 12.2. The van der Waals surface area contributed by atoms with Crippen molar-refractivity contribution < 1.29 is 8.42 Å². The van der Waals surface area contributed by atoms with E-state index in [2.05, 4.69) is 21.2 Å². The Morgan fingerprint density at radius 1 is 1.24 bits per heavy atom. The maximum Gasteiger partial charge on any atom is 0.281 e. The normalized spacial score (nSPS) is 17.3. The Hall–Kier alpha value is -1.77. The van der Waals surface area contributed by atoms with E-state index in [0.29, 0.717) is 19.0 Å². The Bertz CT molecular complexity index is 806. The van der Waals surface area contributed by atoms with Crippen LogP contribution in [0.1, 0.15) is 24.1 Å². The van der Waals surface area contributed by atoms with Crippen LogP contribution in [0.4, 0.5) is 0 Å². The van der Waals surface area contributed by atoms with E-state index >= 15 is 0 Å². The number of aryl methyl sites for hydroxylation is 1. The van der Waals surface area contributed by atoms with E-state index in [9.17, 15) is 8.42 Å². The van der Waals surface area contributed by atoms with Gasteiger partial charge in [-0.1, -0.05) is 6.07 Å². The molecule has 0 spiro atoms. The van der Waals surface area contributed by atoms with Gasteiger partial charge in [-0.15, -0.1) is 0 Å². The second kappa shape index (κ2) is 7.23. The first-order valence-corrected chi connectivity index (χ1v) is 9.91. The molecule has 1 saturated heterocycles. The Balaban J connectivity index is 1.57. The molecule has 0 unspecified atom stereocenters. The standard InChI is InChI=1S/C17H25N5O2S/c1-13-10-17(20-19-13)16-5-4-15(12-18-16)11-14-6-8-22(9-7-14)25(23,24)21(2)3/h4-5,10,12,14H,6-9,11H2,1-3H3,(H,19,20). The molecule has 1 aliphatic rings. The van der Waals surface area contributed by atoms with Crippen molar-refractivity contribution in [1.29, 1.82) is 0 Å². The van der Waals surface area contributed by atoms with Gasteiger partial charge in [0, 0.05) is 39.1 Å². The van der Waals surface area contributed by atoms with Crippen LogP contribution in [0.3, 0.4) is 0 Å². The van der Waals surface area contributed by atoms with Gasteiger partial charge in [-0.25, -0.2) is 0 Å². The highest BCUT2D eigenvalue weighted by atomic mass is 32.2. The molecule has 2 aromatic heterocycles. The lowest BCUT2D eigenvalue weighted by atomic mass is 9.91. The summed E-state index contributed by atoms with van der Waals surface area (Å²) in [5.74, 6) is 0.494. The van der Waals surface area contributed by atoms with Gasteiger partial charge in [0.2, 0.25) is 0 Å². The zero-order valence-corrected chi connectivity index (χ0v) is 15.8. The predicted molar refractivity (Wildman–Crippen MR) is 97.2 cm³/mol. The van der Waals surface area contributed by atoms with Crippen LogP contribution in [-0.2, 0) is 16.6 Å². The highest BCUT2D eigenvalue weighted by molar-refractivity contribution is 7.86. The third-order valence-electron chi connectivity index (χ3n) is 4.68. The van der Waals surface area contributed by atoms with Crippen LogP contribution in [-0.4, -0.2) is 59.4 Å². The maximum absolute atomic E-state index is 12.2. The summed E-state index contributed by atoms with van der Waals surface area (Å²) >= 11 is 0. The monoisotopic (exact) mass is 363 g/mol. The van der Waals surface area contributed by atoms with Gasteiger partial charge in [0.15, 0.2) is 0 Å². The average molecular weight is 363 g/mol. The van der Waals surface area contributed by atoms with Crippen LogP contribution in [0, 0.1) is 12.8 Å². The molecule has 0 aliphatic carbocycles. The topological polar surface area (TPSA) is 82.2 Å². The van der Waals surface area contributed by atoms with Crippen molar-refractivity contribution >= 4 is 10.2 Å². The minimum Gasteiger partial charge on any atom is -0.282 e. The smallest absolute Gasteiger partial charge is 0.281 e. The number of H-pyrrole nitrogens is 1. The molecule has 25 heavy (non-hydrogen) atoms. The third-order valence-corrected chi connectivity index (χ3v) is 6.62. The summed E-state index contributed by atoms with van der Waals surface area (Å²) in [5, 5.41) is 7.15. The van der Waals surface area contributed by atoms with Crippen LogP contribution in [0.25, 0.3) is 11.4 Å². The number of hydrogen-bond donors (Lipinski definition) is 1. The van der Waals surface area contributed by atoms with Gasteiger partial charge in [0.1, 0.15) is 5.69 Å². The van der Waals surface area contributed by atoms with E-state index in [4.69, 9.17) is 0 Å². The van der Waals surface area contributed by atoms with Gasteiger partial charge in [0.25, 0.3) is 10.2 Å². The number of aromatic nitrogens is 3. The molecule has 1 N–H and O–H groups in total. The fraction of sp³-hybridized carbons (Fsp3) is 0.529. The zero-order valence-electron chi connectivity index (χ0n) is 14.9. The minimum atomic E-state index is -3.29. The first-order chi connectivity index (χ1) is 11.9. The zero-order chi connectivity index (χ0) is 18.0. The molecule has 8 heteroatoms. The van der Waals surface area contributed by atoms with Gasteiger partial charge < -0.3 is 0 Å². The number of aromatic amines is 1. The summed E-state index contributed by atoms with van der Waals surface area (Å²) in [4.78, 5) is 4.51. The summed E-state index contributed by atoms with van der Waals surface area (Å²) in [5.41, 5.74) is 3.91. The lowest BCUT2D eigenvalue weighted by Crippen LogP contribution is -2.44. The van der Waals surface area contributed by atoms with E-state index in [-0.39, 0.29) is 0 Å². The fourth-order valence-corrected chi connectivity index (χ4v) is 4.29. The molecule has 0 amide bonds. The Labute approximate surface area is 149 Å². The second-order valence-corrected chi connectivity index (χ2v) is 8.97. The van der Waals surface area contributed by atoms with Gasteiger partial charge >= 0.3 is 0 Å². The van der Waals surface area contributed by atoms with Crippen LogP contribution in [0.15, 0.2) is 24.4 Å². The molecule has 0 bridgehead atoms. The van der Waals surface area contributed by atoms with Gasteiger partial charge in [-0.3, -0.25) is 10.1 Å². The molecule has 0 radical (unpaired) electrons. The van der Waals surface area contributed by atoms with Gasteiger partial charge in [-0.2, -0.15) is 22.1 Å². The van der Waals surface area contributed by atoms with E-state index in [1.54, 1.807) is 18.4 Å². The minimum absolute atomic E-state index is 0.494. The van der Waals surface area contributed by atoms with E-state index < -0.39 is 10.2 Å². The molecule has 0 atom stereocenters. The third kappa shape index (κ3) is 4.08. The highest BCUT2D eigenvalue weighted by Crippen LogP contribution is 2.24. The number of nitrogens with one attached hydrogen (secondary N) is 1. The largest absolute Gasteiger partial charge is 0.282 e. The molecule has 7 nitrogen and oxygen atoms in total.